The lowest BCUT2D eigenvalue weighted by molar-refractivity contribution is -0.384. The van der Waals surface area contributed by atoms with Crippen LogP contribution in [-0.4, -0.2) is 37.4 Å². The van der Waals surface area contributed by atoms with E-state index in [0.717, 1.165) is 11.1 Å². The summed E-state index contributed by atoms with van der Waals surface area (Å²) in [4.78, 5) is 27.2. The molecule has 0 N–H and O–H groups in total. The second-order valence-electron chi connectivity index (χ2n) is 6.15. The Hall–Kier alpha value is -3.16. The van der Waals surface area contributed by atoms with E-state index in [1.807, 2.05) is 13.8 Å². The van der Waals surface area contributed by atoms with Gasteiger partial charge in [-0.15, -0.1) is 0 Å². The third kappa shape index (κ3) is 4.93. The Morgan fingerprint density at radius 1 is 1.15 bits per heavy atom. The van der Waals surface area contributed by atoms with Crippen molar-refractivity contribution < 1.29 is 24.0 Å². The van der Waals surface area contributed by atoms with Gasteiger partial charge < -0.3 is 14.3 Å². The number of carbonyl (C=O) groups excluding carboxylic acids is 1. The molecule has 8 nitrogen and oxygen atoms in total. The van der Waals surface area contributed by atoms with Crippen molar-refractivity contribution in [2.24, 2.45) is 5.16 Å². The molecule has 0 aromatic heterocycles. The topological polar surface area (TPSA) is 100 Å². The molecular weight excluding hydrogens is 352 g/mol. The van der Waals surface area contributed by atoms with Gasteiger partial charge in [0, 0.05) is 12.1 Å². The fourth-order valence-corrected chi connectivity index (χ4v) is 2.75. The van der Waals surface area contributed by atoms with Crippen molar-refractivity contribution in [1.82, 2.24) is 0 Å². The molecule has 0 spiro atoms. The molecule has 1 aliphatic rings. The van der Waals surface area contributed by atoms with Gasteiger partial charge in [0.05, 0.1) is 12.0 Å². The summed E-state index contributed by atoms with van der Waals surface area (Å²) in [5, 5.41) is 14.6. The van der Waals surface area contributed by atoms with Crippen LogP contribution >= 0.6 is 0 Å². The summed E-state index contributed by atoms with van der Waals surface area (Å²) in [6.45, 7) is 4.26. The smallest absolute Gasteiger partial charge is 0.360 e. The summed E-state index contributed by atoms with van der Waals surface area (Å²) in [6, 6.07) is 5.85. The number of nitro benzene ring substituents is 1. The van der Waals surface area contributed by atoms with Crippen molar-refractivity contribution in [1.29, 1.82) is 0 Å². The summed E-state index contributed by atoms with van der Waals surface area (Å²) < 4.78 is 10.6. The van der Waals surface area contributed by atoms with Crippen molar-refractivity contribution in [3.8, 4) is 5.75 Å². The summed E-state index contributed by atoms with van der Waals surface area (Å²) in [6.07, 6.45) is 1.18. The fourth-order valence-electron chi connectivity index (χ4n) is 2.75. The van der Waals surface area contributed by atoms with Crippen LogP contribution in [0, 0.1) is 10.1 Å². The molecule has 27 heavy (non-hydrogen) atoms. The van der Waals surface area contributed by atoms with E-state index >= 15 is 0 Å². The number of carbonyl (C=O) groups is 1. The van der Waals surface area contributed by atoms with Crippen molar-refractivity contribution in [2.75, 3.05) is 20.8 Å². The zero-order valence-corrected chi connectivity index (χ0v) is 15.8. The van der Waals surface area contributed by atoms with Crippen LogP contribution in [0.3, 0.4) is 0 Å². The van der Waals surface area contributed by atoms with Gasteiger partial charge in [0.2, 0.25) is 0 Å². The highest BCUT2D eigenvalue weighted by Crippen LogP contribution is 2.31. The van der Waals surface area contributed by atoms with E-state index in [9.17, 15) is 14.9 Å². The predicted octanol–water partition coefficient (Wildman–Crippen LogP) is 3.58. The van der Waals surface area contributed by atoms with Gasteiger partial charge >= 0.3 is 5.97 Å². The lowest BCUT2D eigenvalue weighted by Gasteiger charge is -2.23. The molecular formula is C19H22N2O6. The average molecular weight is 374 g/mol. The normalized spacial score (nSPS) is 14.9. The molecule has 0 amide bonds. The summed E-state index contributed by atoms with van der Waals surface area (Å²) in [7, 11) is 2.66. The number of non-ortho nitro benzene ring substituents is 1. The highest BCUT2D eigenvalue weighted by atomic mass is 16.6. The predicted molar refractivity (Wildman–Crippen MR) is 99.7 cm³/mol. The van der Waals surface area contributed by atoms with Crippen LogP contribution in [0.15, 0.2) is 51.7 Å². The fraction of sp³-hybridized carbons (Fsp3) is 0.368. The Labute approximate surface area is 157 Å². The molecule has 0 heterocycles. The first-order valence-electron chi connectivity index (χ1n) is 8.30. The molecule has 0 bridgehead atoms. The lowest BCUT2D eigenvalue weighted by Crippen LogP contribution is -2.24. The molecule has 0 saturated carbocycles. The van der Waals surface area contributed by atoms with Gasteiger partial charge in [-0.25, -0.2) is 4.79 Å². The minimum Gasteiger partial charge on any atom is -0.489 e. The van der Waals surface area contributed by atoms with E-state index in [1.165, 1.54) is 31.9 Å². The Balaban J connectivity index is 2.28. The quantitative estimate of drug-likeness (QED) is 0.238. The molecule has 144 valence electrons. The number of benzene rings is 1. The van der Waals surface area contributed by atoms with E-state index in [-0.39, 0.29) is 18.0 Å². The number of allylic oxidation sites excluding steroid dienone is 2. The molecule has 0 unspecified atom stereocenters. The molecule has 0 aliphatic heterocycles. The van der Waals surface area contributed by atoms with Gasteiger partial charge in [-0.1, -0.05) is 16.3 Å². The van der Waals surface area contributed by atoms with Gasteiger partial charge in [-0.3, -0.25) is 10.1 Å². The van der Waals surface area contributed by atoms with Crippen LogP contribution in [0.25, 0.3) is 0 Å². The first kappa shape index (κ1) is 20.2. The van der Waals surface area contributed by atoms with Crippen LogP contribution in [0.2, 0.25) is 0 Å². The van der Waals surface area contributed by atoms with Gasteiger partial charge in [0.15, 0.2) is 5.71 Å². The summed E-state index contributed by atoms with van der Waals surface area (Å²) in [5.41, 5.74) is 4.06. The monoisotopic (exact) mass is 374 g/mol. The van der Waals surface area contributed by atoms with Gasteiger partial charge in [0.25, 0.3) is 5.69 Å². The Kier molecular flexibility index (Phi) is 6.70. The second-order valence-corrected chi connectivity index (χ2v) is 6.15. The minimum absolute atomic E-state index is 0.00507. The van der Waals surface area contributed by atoms with Crippen molar-refractivity contribution in [3.63, 3.8) is 0 Å². The SMILES string of the molecule is CO/N=C(/C(=O)OC)C1=C(COc2ccc([N+](=O)[O-])cc2)CC(C)=C(C)C1. The molecule has 1 aliphatic carbocycles. The number of hydrogen-bond acceptors (Lipinski definition) is 7. The molecule has 2 rings (SSSR count). The molecule has 1 aromatic rings. The number of hydrogen-bond donors (Lipinski definition) is 0. The largest absolute Gasteiger partial charge is 0.489 e. The maximum Gasteiger partial charge on any atom is 0.360 e. The Morgan fingerprint density at radius 2 is 1.78 bits per heavy atom. The molecule has 8 heteroatoms. The highest BCUT2D eigenvalue weighted by molar-refractivity contribution is 6.43. The van der Waals surface area contributed by atoms with Gasteiger partial charge in [-0.2, -0.15) is 0 Å². The van der Waals surface area contributed by atoms with Gasteiger partial charge in [-0.05, 0) is 50.0 Å². The van der Waals surface area contributed by atoms with Crippen LogP contribution in [0.1, 0.15) is 26.7 Å². The highest BCUT2D eigenvalue weighted by Gasteiger charge is 2.26. The molecule has 0 atom stereocenters. The lowest BCUT2D eigenvalue weighted by atomic mass is 9.85. The van der Waals surface area contributed by atoms with E-state index in [4.69, 9.17) is 14.3 Å². The third-order valence-electron chi connectivity index (χ3n) is 4.38. The van der Waals surface area contributed by atoms with Crippen LogP contribution in [0.5, 0.6) is 5.75 Å². The van der Waals surface area contributed by atoms with E-state index in [1.54, 1.807) is 12.1 Å². The van der Waals surface area contributed by atoms with E-state index < -0.39 is 10.9 Å². The Morgan fingerprint density at radius 3 is 2.33 bits per heavy atom. The van der Waals surface area contributed by atoms with E-state index in [0.29, 0.717) is 24.2 Å². The van der Waals surface area contributed by atoms with Gasteiger partial charge in [0.1, 0.15) is 19.5 Å². The molecule has 0 fully saturated rings. The number of ether oxygens (including phenoxy) is 2. The number of oxime groups is 1. The standard InChI is InChI=1S/C19H22N2O6/c1-12-9-14(11-27-16-7-5-15(6-8-16)21(23)24)17(10-13(12)2)18(20-26-4)19(22)25-3/h5-8H,9-11H2,1-4H3/b20-18+. The third-order valence-corrected chi connectivity index (χ3v) is 4.38. The van der Waals surface area contributed by atoms with Crippen LogP contribution in [-0.2, 0) is 14.4 Å². The summed E-state index contributed by atoms with van der Waals surface area (Å²) >= 11 is 0. The van der Waals surface area contributed by atoms with Crippen molar-refractivity contribution in [3.05, 3.63) is 56.7 Å². The number of nitrogens with zero attached hydrogens (tertiary/aromatic N) is 2. The minimum atomic E-state index is -0.577. The number of methoxy groups -OCH3 is 1. The number of nitro groups is 1. The maximum absolute atomic E-state index is 12.1. The molecule has 0 radical (unpaired) electrons. The van der Waals surface area contributed by atoms with Crippen LogP contribution in [0.4, 0.5) is 5.69 Å². The Bertz CT molecular complexity index is 821. The zero-order chi connectivity index (χ0) is 20.0. The first-order valence-corrected chi connectivity index (χ1v) is 8.30. The number of esters is 1. The number of rotatable bonds is 7. The van der Waals surface area contributed by atoms with E-state index in [2.05, 4.69) is 5.16 Å². The first-order chi connectivity index (χ1) is 12.9. The molecule has 0 saturated heterocycles. The van der Waals surface area contributed by atoms with Crippen molar-refractivity contribution in [2.45, 2.75) is 26.7 Å². The average Bonchev–Trinajstić information content (AvgIpc) is 2.66. The maximum atomic E-state index is 12.1. The van der Waals surface area contributed by atoms with Crippen LogP contribution < -0.4 is 4.74 Å². The zero-order valence-electron chi connectivity index (χ0n) is 15.8. The second kappa shape index (κ2) is 8.98. The summed E-state index contributed by atoms with van der Waals surface area (Å²) in [5.74, 6) is -0.0771. The molecule has 1 aromatic carbocycles. The van der Waals surface area contributed by atoms with Crippen molar-refractivity contribution >= 4 is 17.4 Å².